The quantitative estimate of drug-likeness (QED) is 0.489. The summed E-state index contributed by atoms with van der Waals surface area (Å²) >= 11 is 0. The van der Waals surface area contributed by atoms with Crippen LogP contribution in [0.15, 0.2) is 48.7 Å². The van der Waals surface area contributed by atoms with Crippen molar-refractivity contribution in [3.63, 3.8) is 0 Å². The number of imide groups is 1. The third-order valence-corrected chi connectivity index (χ3v) is 6.11. The Kier molecular flexibility index (Phi) is 6.39. The molecule has 1 atom stereocenters. The van der Waals surface area contributed by atoms with Gasteiger partial charge in [0.2, 0.25) is 5.88 Å². The number of rotatable bonds is 8. The molecule has 168 valence electrons. The fourth-order valence-corrected chi connectivity index (χ4v) is 4.30. The summed E-state index contributed by atoms with van der Waals surface area (Å²) in [6.45, 7) is 2.58. The van der Waals surface area contributed by atoms with Crippen LogP contribution >= 0.6 is 0 Å². The Hall–Kier alpha value is -3.42. The van der Waals surface area contributed by atoms with Gasteiger partial charge in [-0.2, -0.15) is 0 Å². The molecule has 1 saturated carbocycles. The SMILES string of the molecule is CC(Oc1ccc(C(=O)NCCCN2C(=O)NC3(CCCC3)C2=O)cn1)c1ccccc1. The molecule has 1 unspecified atom stereocenters. The van der Waals surface area contributed by atoms with E-state index in [0.29, 0.717) is 37.3 Å². The summed E-state index contributed by atoms with van der Waals surface area (Å²) in [6, 6.07) is 12.8. The topological polar surface area (TPSA) is 101 Å². The van der Waals surface area contributed by atoms with E-state index in [-0.39, 0.29) is 30.5 Å². The molecule has 1 aromatic heterocycles. The van der Waals surface area contributed by atoms with Gasteiger partial charge in [-0.25, -0.2) is 9.78 Å². The van der Waals surface area contributed by atoms with E-state index < -0.39 is 5.54 Å². The van der Waals surface area contributed by atoms with E-state index in [0.717, 1.165) is 18.4 Å². The molecule has 2 aromatic rings. The summed E-state index contributed by atoms with van der Waals surface area (Å²) in [7, 11) is 0. The zero-order chi connectivity index (χ0) is 22.6. The van der Waals surface area contributed by atoms with Crippen LogP contribution in [0.3, 0.4) is 0 Å². The van der Waals surface area contributed by atoms with E-state index in [1.807, 2.05) is 37.3 Å². The highest BCUT2D eigenvalue weighted by Crippen LogP contribution is 2.35. The summed E-state index contributed by atoms with van der Waals surface area (Å²) in [5.74, 6) is 0.0535. The number of ether oxygens (including phenoxy) is 1. The first-order valence-electron chi connectivity index (χ1n) is 11.1. The molecule has 1 spiro atoms. The Morgan fingerprint density at radius 3 is 2.62 bits per heavy atom. The fraction of sp³-hybridized carbons (Fsp3) is 0.417. The lowest BCUT2D eigenvalue weighted by molar-refractivity contribution is -0.131. The van der Waals surface area contributed by atoms with Gasteiger partial charge in [0.15, 0.2) is 0 Å². The van der Waals surface area contributed by atoms with Crippen LogP contribution in [0.4, 0.5) is 4.79 Å². The van der Waals surface area contributed by atoms with Crippen molar-refractivity contribution < 1.29 is 19.1 Å². The predicted octanol–water partition coefficient (Wildman–Crippen LogP) is 3.21. The van der Waals surface area contributed by atoms with Crippen LogP contribution in [0.25, 0.3) is 0 Å². The van der Waals surface area contributed by atoms with Gasteiger partial charge in [-0.3, -0.25) is 14.5 Å². The Morgan fingerprint density at radius 2 is 1.94 bits per heavy atom. The van der Waals surface area contributed by atoms with Crippen molar-refractivity contribution in [2.75, 3.05) is 13.1 Å². The minimum atomic E-state index is -0.687. The first-order valence-corrected chi connectivity index (χ1v) is 11.1. The molecule has 2 heterocycles. The smallest absolute Gasteiger partial charge is 0.325 e. The third-order valence-electron chi connectivity index (χ3n) is 6.11. The molecule has 4 amide bonds. The molecule has 32 heavy (non-hydrogen) atoms. The molecule has 2 fully saturated rings. The molecule has 8 nitrogen and oxygen atoms in total. The molecule has 1 aliphatic carbocycles. The first-order chi connectivity index (χ1) is 15.5. The molecule has 0 bridgehead atoms. The van der Waals surface area contributed by atoms with Crippen molar-refractivity contribution in [3.8, 4) is 5.88 Å². The molecule has 8 heteroatoms. The lowest BCUT2D eigenvalue weighted by Crippen LogP contribution is -2.44. The summed E-state index contributed by atoms with van der Waals surface area (Å²) in [5, 5.41) is 5.67. The van der Waals surface area contributed by atoms with Gasteiger partial charge in [-0.15, -0.1) is 0 Å². The van der Waals surface area contributed by atoms with Crippen LogP contribution < -0.4 is 15.4 Å². The number of nitrogens with zero attached hydrogens (tertiary/aromatic N) is 2. The highest BCUT2D eigenvalue weighted by atomic mass is 16.5. The highest BCUT2D eigenvalue weighted by molar-refractivity contribution is 6.07. The van der Waals surface area contributed by atoms with E-state index in [9.17, 15) is 14.4 Å². The molecular formula is C24H28N4O4. The summed E-state index contributed by atoms with van der Waals surface area (Å²) in [4.78, 5) is 42.7. The number of carbonyl (C=O) groups is 3. The molecular weight excluding hydrogens is 408 g/mol. The number of aromatic nitrogens is 1. The van der Waals surface area contributed by atoms with Crippen molar-refractivity contribution in [1.82, 2.24) is 20.5 Å². The standard InChI is InChI=1S/C24H28N4O4/c1-17(18-8-3-2-4-9-18)32-20-11-10-19(16-26-20)21(29)25-14-7-15-28-22(30)24(27-23(28)31)12-5-6-13-24/h2-4,8-11,16-17H,5-7,12-15H2,1H3,(H,25,29)(H,27,31). The summed E-state index contributed by atoms with van der Waals surface area (Å²) < 4.78 is 5.83. The van der Waals surface area contributed by atoms with E-state index in [4.69, 9.17) is 4.74 Å². The van der Waals surface area contributed by atoms with Gasteiger partial charge in [-0.1, -0.05) is 43.2 Å². The van der Waals surface area contributed by atoms with Crippen LogP contribution in [0, 0.1) is 0 Å². The maximum atomic E-state index is 12.6. The Morgan fingerprint density at radius 1 is 1.19 bits per heavy atom. The molecule has 0 radical (unpaired) electrons. The monoisotopic (exact) mass is 436 g/mol. The summed E-state index contributed by atoms with van der Waals surface area (Å²) in [5.41, 5.74) is 0.776. The van der Waals surface area contributed by atoms with Crippen LogP contribution in [-0.4, -0.2) is 46.4 Å². The van der Waals surface area contributed by atoms with E-state index in [1.54, 1.807) is 12.1 Å². The zero-order valence-corrected chi connectivity index (χ0v) is 18.2. The number of pyridine rings is 1. The van der Waals surface area contributed by atoms with E-state index in [2.05, 4.69) is 15.6 Å². The summed E-state index contributed by atoms with van der Waals surface area (Å²) in [6.07, 6.45) is 5.15. The maximum Gasteiger partial charge on any atom is 0.325 e. The number of carbonyl (C=O) groups excluding carboxylic acids is 3. The van der Waals surface area contributed by atoms with Crippen LogP contribution in [0.1, 0.15) is 61.1 Å². The van der Waals surface area contributed by atoms with Gasteiger partial charge in [0, 0.05) is 25.4 Å². The number of nitrogens with one attached hydrogen (secondary N) is 2. The van der Waals surface area contributed by atoms with Gasteiger partial charge in [0.1, 0.15) is 11.6 Å². The van der Waals surface area contributed by atoms with Crippen LogP contribution in [0.5, 0.6) is 5.88 Å². The minimum absolute atomic E-state index is 0.129. The lowest BCUT2D eigenvalue weighted by Gasteiger charge is -2.20. The molecule has 2 N–H and O–H groups in total. The van der Waals surface area contributed by atoms with Gasteiger partial charge < -0.3 is 15.4 Å². The second-order valence-corrected chi connectivity index (χ2v) is 8.34. The second-order valence-electron chi connectivity index (χ2n) is 8.34. The average Bonchev–Trinajstić information content (AvgIpc) is 3.37. The number of hydrogen-bond acceptors (Lipinski definition) is 5. The largest absolute Gasteiger partial charge is 0.470 e. The van der Waals surface area contributed by atoms with Gasteiger partial charge in [0.05, 0.1) is 5.56 Å². The Labute approximate surface area is 187 Å². The van der Waals surface area contributed by atoms with Gasteiger partial charge >= 0.3 is 6.03 Å². The molecule has 1 aromatic carbocycles. The zero-order valence-electron chi connectivity index (χ0n) is 18.2. The van der Waals surface area contributed by atoms with Crippen molar-refractivity contribution in [2.45, 2.75) is 50.7 Å². The Bertz CT molecular complexity index is 971. The van der Waals surface area contributed by atoms with Crippen molar-refractivity contribution in [1.29, 1.82) is 0 Å². The number of benzene rings is 1. The van der Waals surface area contributed by atoms with Gasteiger partial charge in [0.25, 0.3) is 11.8 Å². The highest BCUT2D eigenvalue weighted by Gasteiger charge is 2.51. The molecule has 1 saturated heterocycles. The molecule has 1 aliphatic heterocycles. The number of hydrogen-bond donors (Lipinski definition) is 2. The average molecular weight is 437 g/mol. The molecule has 2 aliphatic rings. The van der Waals surface area contributed by atoms with Gasteiger partial charge in [-0.05, 0) is 37.8 Å². The normalized spacial score (nSPS) is 18.0. The lowest BCUT2D eigenvalue weighted by atomic mass is 9.98. The Balaban J connectivity index is 1.22. The third kappa shape index (κ3) is 4.59. The number of urea groups is 1. The fourth-order valence-electron chi connectivity index (χ4n) is 4.30. The van der Waals surface area contributed by atoms with Crippen molar-refractivity contribution in [3.05, 3.63) is 59.8 Å². The van der Waals surface area contributed by atoms with Crippen LogP contribution in [-0.2, 0) is 4.79 Å². The van der Waals surface area contributed by atoms with Crippen molar-refractivity contribution >= 4 is 17.8 Å². The second kappa shape index (κ2) is 9.38. The first kappa shape index (κ1) is 21.8. The predicted molar refractivity (Wildman–Crippen MR) is 118 cm³/mol. The maximum absolute atomic E-state index is 12.6. The molecule has 4 rings (SSSR count). The van der Waals surface area contributed by atoms with E-state index >= 15 is 0 Å². The van der Waals surface area contributed by atoms with Crippen LogP contribution in [0.2, 0.25) is 0 Å². The van der Waals surface area contributed by atoms with Crippen molar-refractivity contribution in [2.24, 2.45) is 0 Å². The number of amides is 4. The minimum Gasteiger partial charge on any atom is -0.470 e. The van der Waals surface area contributed by atoms with E-state index in [1.165, 1.54) is 11.1 Å².